The predicted octanol–water partition coefficient (Wildman–Crippen LogP) is 0.298. The fourth-order valence-corrected chi connectivity index (χ4v) is 0.129. The van der Waals surface area contributed by atoms with E-state index >= 15 is 0 Å². The summed E-state index contributed by atoms with van der Waals surface area (Å²) in [7, 11) is 0. The normalized spacial score (nSPS) is 6.22. The van der Waals surface area contributed by atoms with Crippen LogP contribution >= 0.6 is 0 Å². The molecule has 6 heteroatoms. The van der Waals surface area contributed by atoms with Gasteiger partial charge in [-0.2, -0.15) is 0 Å². The molecule has 0 aliphatic rings. The highest BCUT2D eigenvalue weighted by Gasteiger charge is 2.01. The fourth-order valence-electron chi connectivity index (χ4n) is 0.129. The summed E-state index contributed by atoms with van der Waals surface area (Å²) in [4.78, 5) is 18.9. The molecule has 0 saturated heterocycles. The Balaban J connectivity index is -0.000000180. The second kappa shape index (κ2) is 6.86. The zero-order valence-electron chi connectivity index (χ0n) is 5.42. The second-order valence-corrected chi connectivity index (χ2v) is 0.964. The predicted molar refractivity (Wildman–Crippen MR) is 31.9 cm³/mol. The Bertz CT molecular complexity index is 90.0. The Labute approximate surface area is 51.7 Å². The van der Waals surface area contributed by atoms with E-state index in [4.69, 9.17) is 10.2 Å². The van der Waals surface area contributed by atoms with Gasteiger partial charge in [0.05, 0.1) is 0 Å². The molecule has 6 nitrogen and oxygen atoms in total. The molecule has 9 heavy (non-hydrogen) atoms. The maximum Gasteiger partial charge on any atom is 0.314 e. The monoisotopic (exact) mass is 140 g/mol. The van der Waals surface area contributed by atoms with Gasteiger partial charge in [-0.25, -0.2) is 0 Å². The van der Waals surface area contributed by atoms with Gasteiger partial charge in [0.1, 0.15) is 6.42 Å². The lowest BCUT2D eigenvalue weighted by molar-refractivity contribution is -0.147. The van der Waals surface area contributed by atoms with Gasteiger partial charge in [-0.15, -0.1) is 0 Å². The SMILES string of the molecule is O=C(O)CC(=O)O.[NH4+].[NH4+]. The summed E-state index contributed by atoms with van der Waals surface area (Å²) < 4.78 is 0. The van der Waals surface area contributed by atoms with Crippen LogP contribution in [-0.2, 0) is 9.59 Å². The number of aliphatic carboxylic acids is 2. The van der Waals surface area contributed by atoms with Gasteiger partial charge in [0.2, 0.25) is 0 Å². The van der Waals surface area contributed by atoms with Crippen LogP contribution < -0.4 is 12.3 Å². The number of carboxylic acid groups (broad SMARTS) is 2. The molecule has 0 aromatic carbocycles. The van der Waals surface area contributed by atoms with Crippen molar-refractivity contribution in [3.05, 3.63) is 0 Å². The van der Waals surface area contributed by atoms with Crippen molar-refractivity contribution in [1.29, 1.82) is 0 Å². The second-order valence-electron chi connectivity index (χ2n) is 0.964. The summed E-state index contributed by atoms with van der Waals surface area (Å²) in [6.07, 6.45) is -0.806. The molecule has 0 aromatic heterocycles. The quantitative estimate of drug-likeness (QED) is 0.408. The third-order valence-electron chi connectivity index (χ3n) is 0.302. The smallest absolute Gasteiger partial charge is 0.314 e. The molecule has 56 valence electrons. The lowest BCUT2D eigenvalue weighted by Crippen LogP contribution is -2.03. The molecule has 0 bridgehead atoms. The number of hydrogen-bond donors (Lipinski definition) is 4. The van der Waals surface area contributed by atoms with Gasteiger partial charge in [-0.05, 0) is 0 Å². The highest BCUT2D eigenvalue weighted by molar-refractivity contribution is 5.88. The molecule has 0 radical (unpaired) electrons. The lowest BCUT2D eigenvalue weighted by atomic mass is 10.5. The van der Waals surface area contributed by atoms with Crippen LogP contribution in [0.4, 0.5) is 0 Å². The lowest BCUT2D eigenvalue weighted by Gasteiger charge is -1.80. The molecule has 0 fully saturated rings. The Kier molecular flexibility index (Phi) is 11.9. The number of carbonyl (C=O) groups is 2. The summed E-state index contributed by atoms with van der Waals surface area (Å²) in [6.45, 7) is 0. The van der Waals surface area contributed by atoms with E-state index in [0.717, 1.165) is 0 Å². The zero-order valence-corrected chi connectivity index (χ0v) is 5.42. The van der Waals surface area contributed by atoms with Crippen LogP contribution in [0, 0.1) is 0 Å². The molecule has 0 aliphatic carbocycles. The number of quaternary nitrogens is 2. The Hall–Kier alpha value is -1.14. The van der Waals surface area contributed by atoms with Crippen LogP contribution in [0.15, 0.2) is 0 Å². The Morgan fingerprint density at radius 2 is 1.22 bits per heavy atom. The first-order valence-electron chi connectivity index (χ1n) is 1.56. The molecule has 0 unspecified atom stereocenters. The summed E-state index contributed by atoms with van der Waals surface area (Å²) >= 11 is 0. The first-order chi connectivity index (χ1) is 3.13. The maximum atomic E-state index is 9.43. The minimum absolute atomic E-state index is 0. The van der Waals surface area contributed by atoms with E-state index in [-0.39, 0.29) is 12.3 Å². The molecule has 0 aromatic rings. The third kappa shape index (κ3) is 19.8. The number of hydrogen-bond acceptors (Lipinski definition) is 2. The highest BCUT2D eigenvalue weighted by Crippen LogP contribution is 1.74. The van der Waals surface area contributed by atoms with Crippen molar-refractivity contribution in [3.63, 3.8) is 0 Å². The van der Waals surface area contributed by atoms with Crippen LogP contribution in [0.1, 0.15) is 6.42 Å². The minimum atomic E-state index is -1.31. The first kappa shape index (κ1) is 15.7. The summed E-state index contributed by atoms with van der Waals surface area (Å²) in [5.74, 6) is -2.62. The molecule has 0 amide bonds. The van der Waals surface area contributed by atoms with Gasteiger partial charge in [-0.1, -0.05) is 0 Å². The van der Waals surface area contributed by atoms with Crippen molar-refractivity contribution in [2.75, 3.05) is 0 Å². The minimum Gasteiger partial charge on any atom is -0.481 e. The molecule has 0 rings (SSSR count). The van der Waals surface area contributed by atoms with Crippen molar-refractivity contribution in [2.45, 2.75) is 6.42 Å². The first-order valence-corrected chi connectivity index (χ1v) is 1.56. The van der Waals surface area contributed by atoms with Crippen LogP contribution in [0.25, 0.3) is 0 Å². The van der Waals surface area contributed by atoms with E-state index in [1.807, 2.05) is 0 Å². The van der Waals surface area contributed by atoms with E-state index in [9.17, 15) is 9.59 Å². The summed E-state index contributed by atoms with van der Waals surface area (Å²) in [5.41, 5.74) is 0. The molecule has 10 N–H and O–H groups in total. The molecule has 0 atom stereocenters. The largest absolute Gasteiger partial charge is 0.481 e. The zero-order chi connectivity index (χ0) is 5.86. The average Bonchev–Trinajstić information content (AvgIpc) is 1.27. The molecule has 0 spiro atoms. The van der Waals surface area contributed by atoms with Crippen molar-refractivity contribution >= 4 is 11.9 Å². The van der Waals surface area contributed by atoms with Gasteiger partial charge in [0, 0.05) is 0 Å². The van der Waals surface area contributed by atoms with E-state index in [2.05, 4.69) is 0 Å². The van der Waals surface area contributed by atoms with Gasteiger partial charge < -0.3 is 22.5 Å². The van der Waals surface area contributed by atoms with Crippen molar-refractivity contribution < 1.29 is 19.8 Å². The van der Waals surface area contributed by atoms with Gasteiger partial charge >= 0.3 is 11.9 Å². The molecular formula is C3H12N2O4+2. The third-order valence-corrected chi connectivity index (χ3v) is 0.302. The molecule has 0 saturated carbocycles. The van der Waals surface area contributed by atoms with Crippen LogP contribution in [-0.4, -0.2) is 22.2 Å². The topological polar surface area (TPSA) is 148 Å². The Morgan fingerprint density at radius 3 is 1.22 bits per heavy atom. The van der Waals surface area contributed by atoms with Crippen molar-refractivity contribution in [2.24, 2.45) is 0 Å². The van der Waals surface area contributed by atoms with E-state index in [0.29, 0.717) is 0 Å². The van der Waals surface area contributed by atoms with Gasteiger partial charge in [0.25, 0.3) is 0 Å². The van der Waals surface area contributed by atoms with Crippen LogP contribution in [0.5, 0.6) is 0 Å². The fraction of sp³-hybridized carbons (Fsp3) is 0.333. The number of rotatable bonds is 2. The van der Waals surface area contributed by atoms with Crippen molar-refractivity contribution in [3.8, 4) is 0 Å². The molecule has 0 heterocycles. The van der Waals surface area contributed by atoms with E-state index in [1.165, 1.54) is 0 Å². The van der Waals surface area contributed by atoms with E-state index in [1.54, 1.807) is 0 Å². The number of carboxylic acids is 2. The molecule has 0 aliphatic heterocycles. The average molecular weight is 140 g/mol. The summed E-state index contributed by atoms with van der Waals surface area (Å²) in [5, 5.41) is 15.4. The van der Waals surface area contributed by atoms with Crippen molar-refractivity contribution in [1.82, 2.24) is 12.3 Å². The standard InChI is InChI=1S/C3H4O4.2H3N/c4-2(5)1-3(6)7;;/h1H2,(H,4,5)(H,6,7);2*1H3/p+2. The van der Waals surface area contributed by atoms with Crippen LogP contribution in [0.3, 0.4) is 0 Å². The van der Waals surface area contributed by atoms with Gasteiger partial charge in [0.15, 0.2) is 0 Å². The van der Waals surface area contributed by atoms with Crippen LogP contribution in [0.2, 0.25) is 0 Å². The molecular weight excluding hydrogens is 128 g/mol. The van der Waals surface area contributed by atoms with E-state index < -0.39 is 18.4 Å². The summed E-state index contributed by atoms with van der Waals surface area (Å²) in [6, 6.07) is 0. The highest BCUT2D eigenvalue weighted by atomic mass is 16.4. The van der Waals surface area contributed by atoms with Gasteiger partial charge in [-0.3, -0.25) is 9.59 Å². The maximum absolute atomic E-state index is 9.43. The Morgan fingerprint density at radius 1 is 1.00 bits per heavy atom.